The zero-order chi connectivity index (χ0) is 13.0. The summed E-state index contributed by atoms with van der Waals surface area (Å²) in [7, 11) is 0. The lowest BCUT2D eigenvalue weighted by Crippen LogP contribution is -2.29. The molecule has 3 nitrogen and oxygen atoms in total. The summed E-state index contributed by atoms with van der Waals surface area (Å²) in [5.74, 6) is -2.38. The number of hydrogen-bond acceptors (Lipinski definition) is 2. The molecule has 0 amide bonds. The van der Waals surface area contributed by atoms with Crippen LogP contribution in [0.3, 0.4) is 0 Å². The second-order valence-corrected chi connectivity index (χ2v) is 4.37. The van der Waals surface area contributed by atoms with Gasteiger partial charge in [0.2, 0.25) is 0 Å². The van der Waals surface area contributed by atoms with E-state index in [2.05, 4.69) is 15.9 Å². The number of rotatable bonds is 5. The van der Waals surface area contributed by atoms with Crippen LogP contribution in [0.1, 0.15) is 12.5 Å². The number of likely N-dealkylation sites (N-methyl/N-ethyl adjacent to an activating group) is 1. The number of carboxylic acids is 1. The number of benzene rings is 1. The predicted octanol–water partition coefficient (Wildman–Crippen LogP) is 2.63. The van der Waals surface area contributed by atoms with Crippen molar-refractivity contribution in [1.82, 2.24) is 4.90 Å². The van der Waals surface area contributed by atoms with Gasteiger partial charge in [0.25, 0.3) is 0 Å². The molecule has 0 atom stereocenters. The maximum atomic E-state index is 13.6. The van der Waals surface area contributed by atoms with E-state index in [0.29, 0.717) is 6.54 Å². The molecule has 0 aromatic heterocycles. The fraction of sp³-hybridized carbons (Fsp3) is 0.364. The Morgan fingerprint density at radius 1 is 1.47 bits per heavy atom. The fourth-order valence-corrected chi connectivity index (χ4v) is 1.78. The fourth-order valence-electron chi connectivity index (χ4n) is 1.41. The molecule has 0 radical (unpaired) electrons. The minimum absolute atomic E-state index is 0.0695. The molecule has 0 aliphatic heterocycles. The van der Waals surface area contributed by atoms with Gasteiger partial charge in [-0.05, 0) is 34.6 Å². The minimum atomic E-state index is -1.03. The van der Waals surface area contributed by atoms with E-state index in [0.717, 1.165) is 6.07 Å². The van der Waals surface area contributed by atoms with Crippen molar-refractivity contribution >= 4 is 21.9 Å². The Labute approximate surface area is 106 Å². The summed E-state index contributed by atoms with van der Waals surface area (Å²) in [5, 5.41) is 8.65. The Bertz CT molecular complexity index is 426. The van der Waals surface area contributed by atoms with Gasteiger partial charge in [0.05, 0.1) is 11.0 Å². The zero-order valence-corrected chi connectivity index (χ0v) is 10.8. The van der Waals surface area contributed by atoms with E-state index in [9.17, 15) is 13.6 Å². The van der Waals surface area contributed by atoms with Gasteiger partial charge in [0.1, 0.15) is 11.6 Å². The van der Waals surface area contributed by atoms with E-state index in [1.165, 1.54) is 11.0 Å². The molecule has 94 valence electrons. The van der Waals surface area contributed by atoms with Crippen LogP contribution in [0.2, 0.25) is 0 Å². The summed E-state index contributed by atoms with van der Waals surface area (Å²) in [6.07, 6.45) is 0. The van der Waals surface area contributed by atoms with Gasteiger partial charge in [-0.3, -0.25) is 9.69 Å². The van der Waals surface area contributed by atoms with E-state index >= 15 is 0 Å². The Morgan fingerprint density at radius 3 is 2.65 bits per heavy atom. The van der Waals surface area contributed by atoms with Gasteiger partial charge in [-0.2, -0.15) is 0 Å². The Hall–Kier alpha value is -1.01. The molecule has 0 aliphatic carbocycles. The maximum Gasteiger partial charge on any atom is 0.317 e. The third-order valence-electron chi connectivity index (χ3n) is 2.33. The van der Waals surface area contributed by atoms with Gasteiger partial charge < -0.3 is 5.11 Å². The van der Waals surface area contributed by atoms with Gasteiger partial charge in [0, 0.05) is 12.1 Å². The van der Waals surface area contributed by atoms with Crippen LogP contribution in [0.15, 0.2) is 16.6 Å². The van der Waals surface area contributed by atoms with E-state index in [-0.39, 0.29) is 23.1 Å². The van der Waals surface area contributed by atoms with E-state index in [1.54, 1.807) is 6.92 Å². The van der Waals surface area contributed by atoms with Gasteiger partial charge in [-0.1, -0.05) is 6.92 Å². The van der Waals surface area contributed by atoms with Crippen molar-refractivity contribution < 1.29 is 18.7 Å². The van der Waals surface area contributed by atoms with Crippen LogP contribution < -0.4 is 0 Å². The van der Waals surface area contributed by atoms with Crippen molar-refractivity contribution in [3.8, 4) is 0 Å². The first-order chi connectivity index (χ1) is 7.95. The second-order valence-electron chi connectivity index (χ2n) is 3.52. The first-order valence-electron chi connectivity index (χ1n) is 5.02. The molecule has 0 aliphatic rings. The van der Waals surface area contributed by atoms with Crippen LogP contribution in [-0.2, 0) is 11.3 Å². The summed E-state index contributed by atoms with van der Waals surface area (Å²) in [6, 6.07) is 2.43. The number of aliphatic carboxylic acids is 1. The SMILES string of the molecule is CCN(CC(=O)O)Cc1c(F)ccc(Br)c1F. The molecular formula is C11H12BrF2NO2. The monoisotopic (exact) mass is 307 g/mol. The van der Waals surface area contributed by atoms with Gasteiger partial charge >= 0.3 is 5.97 Å². The molecule has 6 heteroatoms. The highest BCUT2D eigenvalue weighted by Crippen LogP contribution is 2.22. The van der Waals surface area contributed by atoms with Crippen LogP contribution in [0.4, 0.5) is 8.78 Å². The lowest BCUT2D eigenvalue weighted by molar-refractivity contribution is -0.138. The lowest BCUT2D eigenvalue weighted by Gasteiger charge is -2.19. The van der Waals surface area contributed by atoms with Crippen LogP contribution in [-0.4, -0.2) is 29.1 Å². The summed E-state index contributed by atoms with van der Waals surface area (Å²) in [5.41, 5.74) is -0.123. The van der Waals surface area contributed by atoms with Crippen LogP contribution in [0, 0.1) is 11.6 Å². The number of carboxylic acid groups (broad SMARTS) is 1. The van der Waals surface area contributed by atoms with Crippen LogP contribution >= 0.6 is 15.9 Å². The highest BCUT2D eigenvalue weighted by Gasteiger charge is 2.16. The molecule has 0 spiro atoms. The normalized spacial score (nSPS) is 10.9. The van der Waals surface area contributed by atoms with Crippen LogP contribution in [0.25, 0.3) is 0 Å². The molecule has 0 unspecified atom stereocenters. The molecule has 0 heterocycles. The minimum Gasteiger partial charge on any atom is -0.480 e. The topological polar surface area (TPSA) is 40.5 Å². The van der Waals surface area contributed by atoms with Crippen molar-refractivity contribution in [3.63, 3.8) is 0 Å². The van der Waals surface area contributed by atoms with Gasteiger partial charge in [-0.25, -0.2) is 8.78 Å². The highest BCUT2D eigenvalue weighted by molar-refractivity contribution is 9.10. The lowest BCUT2D eigenvalue weighted by atomic mass is 10.2. The molecule has 17 heavy (non-hydrogen) atoms. The number of hydrogen-bond donors (Lipinski definition) is 1. The van der Waals surface area contributed by atoms with Crippen molar-refractivity contribution in [2.24, 2.45) is 0 Å². The van der Waals surface area contributed by atoms with Crippen molar-refractivity contribution in [1.29, 1.82) is 0 Å². The molecule has 1 rings (SSSR count). The first kappa shape index (κ1) is 14.1. The van der Waals surface area contributed by atoms with Gasteiger partial charge in [0.15, 0.2) is 0 Å². The van der Waals surface area contributed by atoms with Crippen molar-refractivity contribution in [2.45, 2.75) is 13.5 Å². The summed E-state index contributed by atoms with van der Waals surface area (Å²) in [6.45, 7) is 1.82. The molecule has 0 saturated heterocycles. The number of halogens is 3. The second kappa shape index (κ2) is 6.07. The third-order valence-corrected chi connectivity index (χ3v) is 2.94. The number of carbonyl (C=O) groups is 1. The van der Waals surface area contributed by atoms with Crippen molar-refractivity contribution in [3.05, 3.63) is 33.8 Å². The average molecular weight is 308 g/mol. The summed E-state index contributed by atoms with van der Waals surface area (Å²) >= 11 is 2.97. The first-order valence-corrected chi connectivity index (χ1v) is 5.81. The predicted molar refractivity (Wildman–Crippen MR) is 62.6 cm³/mol. The molecule has 0 fully saturated rings. The van der Waals surface area contributed by atoms with Gasteiger partial charge in [-0.15, -0.1) is 0 Å². The molecule has 0 bridgehead atoms. The van der Waals surface area contributed by atoms with E-state index in [1.807, 2.05) is 0 Å². The Balaban J connectivity index is 2.93. The molecule has 1 N–H and O–H groups in total. The molecular weight excluding hydrogens is 296 g/mol. The zero-order valence-electron chi connectivity index (χ0n) is 9.21. The Morgan fingerprint density at radius 2 is 2.12 bits per heavy atom. The molecule has 1 aromatic rings. The summed E-state index contributed by atoms with van der Waals surface area (Å²) in [4.78, 5) is 12.0. The summed E-state index contributed by atoms with van der Waals surface area (Å²) < 4.78 is 27.2. The Kier molecular flexibility index (Phi) is 5.02. The largest absolute Gasteiger partial charge is 0.480 e. The quantitative estimate of drug-likeness (QED) is 0.850. The van der Waals surface area contributed by atoms with Crippen molar-refractivity contribution in [2.75, 3.05) is 13.1 Å². The highest BCUT2D eigenvalue weighted by atomic mass is 79.9. The van der Waals surface area contributed by atoms with E-state index < -0.39 is 17.6 Å². The smallest absolute Gasteiger partial charge is 0.317 e. The van der Waals surface area contributed by atoms with Crippen LogP contribution in [0.5, 0.6) is 0 Å². The standard InChI is InChI=1S/C11H12BrF2NO2/c1-2-15(6-10(16)17)5-7-9(13)4-3-8(12)11(7)14/h3-4H,2,5-6H2,1H3,(H,16,17). The molecule has 1 aromatic carbocycles. The van der Waals surface area contributed by atoms with E-state index in [4.69, 9.17) is 5.11 Å². The third kappa shape index (κ3) is 3.74. The molecule has 0 saturated carbocycles. The average Bonchev–Trinajstić information content (AvgIpc) is 2.27. The number of nitrogens with zero attached hydrogens (tertiary/aromatic N) is 1. The maximum absolute atomic E-state index is 13.6.